The topological polar surface area (TPSA) is 72.5 Å². The largest absolute Gasteiger partial charge is 0.383 e. The fraction of sp³-hybridized carbons (Fsp3) is 0.667. The molecule has 17 heavy (non-hydrogen) atoms. The number of H-pyrrole nitrogens is 1. The molecule has 92 valence electrons. The van der Waals surface area contributed by atoms with Gasteiger partial charge in [-0.3, -0.25) is 5.10 Å². The Hall–Kier alpha value is -1.52. The predicted molar refractivity (Wildman–Crippen MR) is 67.8 cm³/mol. The van der Waals surface area contributed by atoms with Crippen LogP contribution >= 0.6 is 0 Å². The highest BCUT2D eigenvalue weighted by Crippen LogP contribution is 2.38. The molecule has 0 radical (unpaired) electrons. The van der Waals surface area contributed by atoms with Crippen molar-refractivity contribution in [1.82, 2.24) is 20.0 Å². The van der Waals surface area contributed by atoms with Gasteiger partial charge >= 0.3 is 0 Å². The molecule has 0 bridgehead atoms. The van der Waals surface area contributed by atoms with Crippen LogP contribution in [0, 0.1) is 0 Å². The fourth-order valence-corrected chi connectivity index (χ4v) is 2.86. The van der Waals surface area contributed by atoms with Crippen LogP contribution in [0.3, 0.4) is 0 Å². The van der Waals surface area contributed by atoms with Gasteiger partial charge < -0.3 is 5.73 Å². The van der Waals surface area contributed by atoms with E-state index < -0.39 is 0 Å². The third-order valence-electron chi connectivity index (χ3n) is 3.68. The van der Waals surface area contributed by atoms with E-state index in [0.29, 0.717) is 11.7 Å². The molecule has 1 aliphatic rings. The van der Waals surface area contributed by atoms with Crippen LogP contribution in [0.5, 0.6) is 0 Å². The van der Waals surface area contributed by atoms with Gasteiger partial charge in [-0.2, -0.15) is 10.2 Å². The maximum absolute atomic E-state index is 5.98. The number of aromatic nitrogens is 4. The summed E-state index contributed by atoms with van der Waals surface area (Å²) in [5.41, 5.74) is 8.07. The minimum absolute atomic E-state index is 0.579. The summed E-state index contributed by atoms with van der Waals surface area (Å²) < 4.78 is 2.00. The van der Waals surface area contributed by atoms with Crippen molar-refractivity contribution in [2.24, 2.45) is 0 Å². The summed E-state index contributed by atoms with van der Waals surface area (Å²) in [5.74, 6) is 1.25. The Bertz CT molecular complexity index is 518. The third-order valence-corrected chi connectivity index (χ3v) is 3.68. The Balaban J connectivity index is 2.12. The average molecular weight is 233 g/mol. The molecule has 1 fully saturated rings. The number of hydrogen-bond donors (Lipinski definition) is 2. The second-order valence-electron chi connectivity index (χ2n) is 4.93. The number of anilines is 1. The second kappa shape index (κ2) is 4.05. The first kappa shape index (κ1) is 10.6. The summed E-state index contributed by atoms with van der Waals surface area (Å²) in [6.07, 6.45) is 6.16. The first-order valence-electron chi connectivity index (χ1n) is 6.51. The summed E-state index contributed by atoms with van der Waals surface area (Å²) in [6.45, 7) is 3.06. The molecular formula is C12H19N5. The lowest BCUT2D eigenvalue weighted by atomic mass is 10.0. The molecule has 2 aromatic rings. The molecule has 0 saturated heterocycles. The molecule has 0 aromatic carbocycles. The van der Waals surface area contributed by atoms with Crippen molar-refractivity contribution in [3.05, 3.63) is 5.69 Å². The van der Waals surface area contributed by atoms with Crippen molar-refractivity contribution >= 4 is 16.9 Å². The summed E-state index contributed by atoms with van der Waals surface area (Å²) in [7, 11) is 0. The number of aromatic amines is 1. The number of nitrogens with two attached hydrogens (primary N) is 1. The van der Waals surface area contributed by atoms with E-state index in [1.807, 2.05) is 4.68 Å². The SMILES string of the molecule is CCCn1nc(C2CCCC2)c2c(N)[nH]nc21. The Kier molecular flexibility index (Phi) is 2.53. The normalized spacial score (nSPS) is 17.2. The summed E-state index contributed by atoms with van der Waals surface area (Å²) >= 11 is 0. The van der Waals surface area contributed by atoms with E-state index in [-0.39, 0.29) is 0 Å². The number of nitrogens with zero attached hydrogens (tertiary/aromatic N) is 3. The number of nitrogens with one attached hydrogen (secondary N) is 1. The van der Waals surface area contributed by atoms with E-state index in [4.69, 9.17) is 10.8 Å². The summed E-state index contributed by atoms with van der Waals surface area (Å²) in [5, 5.41) is 13.0. The molecule has 1 saturated carbocycles. The minimum atomic E-state index is 0.579. The number of hydrogen-bond acceptors (Lipinski definition) is 3. The zero-order chi connectivity index (χ0) is 11.8. The smallest absolute Gasteiger partial charge is 0.182 e. The maximum atomic E-state index is 5.98. The first-order chi connectivity index (χ1) is 8.31. The average Bonchev–Trinajstić information content (AvgIpc) is 2.99. The number of rotatable bonds is 3. The van der Waals surface area contributed by atoms with Gasteiger partial charge in [0.05, 0.1) is 11.1 Å². The minimum Gasteiger partial charge on any atom is -0.383 e. The van der Waals surface area contributed by atoms with E-state index in [0.717, 1.165) is 29.7 Å². The monoisotopic (exact) mass is 233 g/mol. The van der Waals surface area contributed by atoms with E-state index >= 15 is 0 Å². The molecule has 2 heterocycles. The van der Waals surface area contributed by atoms with Crippen LogP contribution < -0.4 is 5.73 Å². The van der Waals surface area contributed by atoms with Gasteiger partial charge in [-0.25, -0.2) is 4.68 Å². The van der Waals surface area contributed by atoms with Crippen molar-refractivity contribution in [3.63, 3.8) is 0 Å². The van der Waals surface area contributed by atoms with E-state index in [2.05, 4.69) is 17.1 Å². The maximum Gasteiger partial charge on any atom is 0.182 e. The van der Waals surface area contributed by atoms with Crippen molar-refractivity contribution in [1.29, 1.82) is 0 Å². The van der Waals surface area contributed by atoms with Crippen LogP contribution in [-0.2, 0) is 6.54 Å². The van der Waals surface area contributed by atoms with Crippen molar-refractivity contribution in [2.45, 2.75) is 51.5 Å². The molecule has 0 amide bonds. The third kappa shape index (κ3) is 1.61. The molecule has 3 rings (SSSR count). The molecule has 1 aliphatic carbocycles. The standard InChI is InChI=1S/C12H19N5/c1-2-7-17-12-9(11(13)14-15-12)10(16-17)8-5-3-4-6-8/h8H,2-7H2,1H3,(H3,13,14,15). The highest BCUT2D eigenvalue weighted by atomic mass is 15.3. The fourth-order valence-electron chi connectivity index (χ4n) is 2.86. The number of fused-ring (bicyclic) bond motifs is 1. The first-order valence-corrected chi connectivity index (χ1v) is 6.51. The van der Waals surface area contributed by atoms with Crippen molar-refractivity contribution in [3.8, 4) is 0 Å². The Morgan fingerprint density at radius 3 is 2.88 bits per heavy atom. The molecule has 0 aliphatic heterocycles. The lowest BCUT2D eigenvalue weighted by molar-refractivity contribution is 0.586. The summed E-state index contributed by atoms with van der Waals surface area (Å²) in [4.78, 5) is 0. The molecule has 0 atom stereocenters. The van der Waals surface area contributed by atoms with Gasteiger partial charge in [0.15, 0.2) is 5.65 Å². The Morgan fingerprint density at radius 1 is 1.41 bits per heavy atom. The quantitative estimate of drug-likeness (QED) is 0.855. The number of aryl methyl sites for hydroxylation is 1. The molecule has 0 unspecified atom stereocenters. The predicted octanol–water partition coefficient (Wildman–Crippen LogP) is 2.41. The molecule has 2 aromatic heterocycles. The van der Waals surface area contributed by atoms with Crippen molar-refractivity contribution < 1.29 is 0 Å². The molecule has 0 spiro atoms. The van der Waals surface area contributed by atoms with E-state index in [1.165, 1.54) is 25.7 Å². The van der Waals surface area contributed by atoms with Crippen LogP contribution in [0.1, 0.15) is 50.6 Å². The van der Waals surface area contributed by atoms with Gasteiger partial charge in [0.1, 0.15) is 5.82 Å². The molecule has 5 nitrogen and oxygen atoms in total. The molecule has 3 N–H and O–H groups in total. The Morgan fingerprint density at radius 2 is 2.18 bits per heavy atom. The lowest BCUT2D eigenvalue weighted by Crippen LogP contribution is -2.02. The van der Waals surface area contributed by atoms with E-state index in [9.17, 15) is 0 Å². The van der Waals surface area contributed by atoms with Crippen LogP contribution in [0.25, 0.3) is 11.0 Å². The zero-order valence-corrected chi connectivity index (χ0v) is 10.2. The van der Waals surface area contributed by atoms with Gasteiger partial charge in [0, 0.05) is 12.5 Å². The lowest BCUT2D eigenvalue weighted by Gasteiger charge is -2.05. The van der Waals surface area contributed by atoms with Gasteiger partial charge in [-0.15, -0.1) is 0 Å². The van der Waals surface area contributed by atoms with Gasteiger partial charge in [0.25, 0.3) is 0 Å². The Labute approximate surface area is 100 Å². The molecule has 5 heteroatoms. The van der Waals surface area contributed by atoms with Crippen LogP contribution in [-0.4, -0.2) is 20.0 Å². The van der Waals surface area contributed by atoms with Crippen LogP contribution in [0.15, 0.2) is 0 Å². The highest BCUT2D eigenvalue weighted by molar-refractivity contribution is 5.89. The summed E-state index contributed by atoms with van der Waals surface area (Å²) in [6, 6.07) is 0. The van der Waals surface area contributed by atoms with Crippen molar-refractivity contribution in [2.75, 3.05) is 5.73 Å². The van der Waals surface area contributed by atoms with Gasteiger partial charge in [0.2, 0.25) is 0 Å². The zero-order valence-electron chi connectivity index (χ0n) is 10.2. The second-order valence-corrected chi connectivity index (χ2v) is 4.93. The van der Waals surface area contributed by atoms with E-state index in [1.54, 1.807) is 0 Å². The number of nitrogen functional groups attached to an aromatic ring is 1. The highest BCUT2D eigenvalue weighted by Gasteiger charge is 2.25. The van der Waals surface area contributed by atoms with Crippen LogP contribution in [0.2, 0.25) is 0 Å². The van der Waals surface area contributed by atoms with Gasteiger partial charge in [-0.05, 0) is 19.3 Å². The molecular weight excluding hydrogens is 214 g/mol. The van der Waals surface area contributed by atoms with Crippen LogP contribution in [0.4, 0.5) is 5.82 Å². The van der Waals surface area contributed by atoms with Gasteiger partial charge in [-0.1, -0.05) is 19.8 Å².